The molecule has 0 saturated heterocycles. The molecule has 1 aromatic heterocycles. The Morgan fingerprint density at radius 3 is 2.59 bits per heavy atom. The third-order valence-corrected chi connectivity index (χ3v) is 3.55. The minimum absolute atomic E-state index is 0.00883. The van der Waals surface area contributed by atoms with Crippen molar-refractivity contribution in [3.63, 3.8) is 0 Å². The van der Waals surface area contributed by atoms with E-state index in [-0.39, 0.29) is 11.3 Å². The lowest BCUT2D eigenvalue weighted by molar-refractivity contribution is 0.0698. The van der Waals surface area contributed by atoms with E-state index in [2.05, 4.69) is 4.98 Å². The SMILES string of the molecule is COc1cc(C(=O)O)c(N)c2c(-c3ccccc3)ccnc12. The number of nitrogens with zero attached hydrogens (tertiary/aromatic N) is 1. The number of nitrogen functional groups attached to an aromatic ring is 1. The highest BCUT2D eigenvalue weighted by atomic mass is 16.5. The molecule has 0 unspecified atom stereocenters. The van der Waals surface area contributed by atoms with Gasteiger partial charge in [-0.05, 0) is 23.3 Å². The van der Waals surface area contributed by atoms with Crippen molar-refractivity contribution in [3.8, 4) is 16.9 Å². The molecule has 5 nitrogen and oxygen atoms in total. The van der Waals surface area contributed by atoms with Crippen LogP contribution in [0, 0.1) is 0 Å². The fourth-order valence-corrected chi connectivity index (χ4v) is 2.52. The molecule has 0 radical (unpaired) electrons. The lowest BCUT2D eigenvalue weighted by atomic mass is 9.97. The first-order valence-corrected chi connectivity index (χ1v) is 6.67. The predicted octanol–water partition coefficient (Wildman–Crippen LogP) is 3.19. The number of hydrogen-bond donors (Lipinski definition) is 2. The molecule has 0 atom stereocenters. The number of ether oxygens (including phenoxy) is 1. The molecule has 3 rings (SSSR count). The second-order valence-electron chi connectivity index (χ2n) is 4.79. The number of carboxylic acid groups (broad SMARTS) is 1. The van der Waals surface area contributed by atoms with E-state index in [9.17, 15) is 9.90 Å². The van der Waals surface area contributed by atoms with E-state index in [1.54, 1.807) is 6.20 Å². The molecule has 3 N–H and O–H groups in total. The number of pyridine rings is 1. The molecule has 0 amide bonds. The van der Waals surface area contributed by atoms with Gasteiger partial charge in [-0.2, -0.15) is 0 Å². The summed E-state index contributed by atoms with van der Waals surface area (Å²) in [6, 6.07) is 12.8. The third kappa shape index (κ3) is 2.13. The Morgan fingerprint density at radius 2 is 1.95 bits per heavy atom. The number of methoxy groups -OCH3 is 1. The van der Waals surface area contributed by atoms with Crippen molar-refractivity contribution in [1.29, 1.82) is 0 Å². The molecule has 0 fully saturated rings. The maximum absolute atomic E-state index is 11.4. The van der Waals surface area contributed by atoms with Gasteiger partial charge >= 0.3 is 5.97 Å². The maximum atomic E-state index is 11.4. The van der Waals surface area contributed by atoms with Gasteiger partial charge in [0.25, 0.3) is 0 Å². The lowest BCUT2D eigenvalue weighted by Gasteiger charge is -2.14. The molecule has 5 heteroatoms. The van der Waals surface area contributed by atoms with Gasteiger partial charge in [0.2, 0.25) is 0 Å². The molecule has 0 saturated carbocycles. The lowest BCUT2D eigenvalue weighted by Crippen LogP contribution is -2.05. The molecule has 0 aliphatic carbocycles. The highest BCUT2D eigenvalue weighted by Gasteiger charge is 2.19. The molecule has 3 aromatic rings. The van der Waals surface area contributed by atoms with Crippen LogP contribution in [0.1, 0.15) is 10.4 Å². The second-order valence-corrected chi connectivity index (χ2v) is 4.79. The number of anilines is 1. The molecule has 1 heterocycles. The highest BCUT2D eigenvalue weighted by Crippen LogP contribution is 2.38. The Bertz CT molecular complexity index is 861. The number of benzene rings is 2. The first kappa shape index (κ1) is 13.9. The van der Waals surface area contributed by atoms with Crippen molar-refractivity contribution in [2.24, 2.45) is 0 Å². The zero-order valence-electron chi connectivity index (χ0n) is 11.9. The average molecular weight is 294 g/mol. The Kier molecular flexibility index (Phi) is 3.39. The summed E-state index contributed by atoms with van der Waals surface area (Å²) in [4.78, 5) is 15.7. The minimum atomic E-state index is -1.10. The van der Waals surface area contributed by atoms with E-state index in [4.69, 9.17) is 10.5 Å². The van der Waals surface area contributed by atoms with Gasteiger partial charge in [0, 0.05) is 11.6 Å². The quantitative estimate of drug-likeness (QED) is 0.724. The van der Waals surface area contributed by atoms with Crippen LogP contribution in [0.3, 0.4) is 0 Å². The Balaban J connectivity index is 2.45. The number of carboxylic acids is 1. The first-order valence-electron chi connectivity index (χ1n) is 6.67. The van der Waals surface area contributed by atoms with E-state index in [1.165, 1.54) is 13.2 Å². The summed E-state index contributed by atoms with van der Waals surface area (Å²) in [6.07, 6.45) is 1.66. The van der Waals surface area contributed by atoms with Crippen LogP contribution in [0.2, 0.25) is 0 Å². The first-order chi connectivity index (χ1) is 10.6. The summed E-state index contributed by atoms with van der Waals surface area (Å²) in [5, 5.41) is 9.94. The second kappa shape index (κ2) is 5.37. The van der Waals surface area contributed by atoms with Gasteiger partial charge in [0.05, 0.1) is 18.4 Å². The molecule has 110 valence electrons. The van der Waals surface area contributed by atoms with Gasteiger partial charge < -0.3 is 15.6 Å². The van der Waals surface area contributed by atoms with Crippen LogP contribution >= 0.6 is 0 Å². The van der Waals surface area contributed by atoms with Crippen LogP contribution in [-0.2, 0) is 0 Å². The van der Waals surface area contributed by atoms with E-state index < -0.39 is 5.97 Å². The number of aromatic carboxylic acids is 1. The Labute approximate surface area is 127 Å². The number of nitrogens with two attached hydrogens (primary N) is 1. The minimum Gasteiger partial charge on any atom is -0.494 e. The van der Waals surface area contributed by atoms with Crippen molar-refractivity contribution in [2.45, 2.75) is 0 Å². The molecule has 0 aliphatic heterocycles. The summed E-state index contributed by atoms with van der Waals surface area (Å²) in [5.74, 6) is -0.708. The van der Waals surface area contributed by atoms with Crippen molar-refractivity contribution >= 4 is 22.6 Å². The van der Waals surface area contributed by atoms with Crippen LogP contribution in [0.5, 0.6) is 5.75 Å². The number of fused-ring (bicyclic) bond motifs is 1. The monoisotopic (exact) mass is 294 g/mol. The molecule has 0 bridgehead atoms. The van der Waals surface area contributed by atoms with Crippen LogP contribution in [0.25, 0.3) is 22.0 Å². The van der Waals surface area contributed by atoms with E-state index in [0.29, 0.717) is 16.7 Å². The molecule has 22 heavy (non-hydrogen) atoms. The largest absolute Gasteiger partial charge is 0.494 e. The predicted molar refractivity (Wildman–Crippen MR) is 85.1 cm³/mol. The molecule has 0 spiro atoms. The van der Waals surface area contributed by atoms with E-state index >= 15 is 0 Å². The summed E-state index contributed by atoms with van der Waals surface area (Å²) >= 11 is 0. The van der Waals surface area contributed by atoms with E-state index in [1.807, 2.05) is 36.4 Å². The topological polar surface area (TPSA) is 85.4 Å². The Morgan fingerprint density at radius 1 is 1.23 bits per heavy atom. The number of hydrogen-bond acceptors (Lipinski definition) is 4. The molecule has 2 aromatic carbocycles. The number of carbonyl (C=O) groups is 1. The van der Waals surface area contributed by atoms with Gasteiger partial charge in [0.15, 0.2) is 0 Å². The van der Waals surface area contributed by atoms with Gasteiger partial charge in [-0.3, -0.25) is 4.98 Å². The number of aromatic nitrogens is 1. The van der Waals surface area contributed by atoms with Crippen molar-refractivity contribution < 1.29 is 14.6 Å². The summed E-state index contributed by atoms with van der Waals surface area (Å²) in [7, 11) is 1.48. The van der Waals surface area contributed by atoms with Crippen LogP contribution in [0.15, 0.2) is 48.7 Å². The normalized spacial score (nSPS) is 10.6. The fraction of sp³-hybridized carbons (Fsp3) is 0.0588. The standard InChI is InChI=1S/C17H14N2O3/c1-22-13-9-12(17(20)21)15(18)14-11(7-8-19-16(13)14)10-5-3-2-4-6-10/h2-9H,18H2,1H3,(H,20,21). The van der Waals surface area contributed by atoms with Gasteiger partial charge in [-0.15, -0.1) is 0 Å². The molecular weight excluding hydrogens is 280 g/mol. The van der Waals surface area contributed by atoms with Crippen LogP contribution < -0.4 is 10.5 Å². The zero-order chi connectivity index (χ0) is 15.7. The van der Waals surface area contributed by atoms with Crippen LogP contribution in [-0.4, -0.2) is 23.2 Å². The Hall–Kier alpha value is -3.08. The van der Waals surface area contributed by atoms with Crippen molar-refractivity contribution in [1.82, 2.24) is 4.98 Å². The third-order valence-electron chi connectivity index (χ3n) is 3.55. The number of rotatable bonds is 3. The maximum Gasteiger partial charge on any atom is 0.337 e. The molecular formula is C17H14N2O3. The smallest absolute Gasteiger partial charge is 0.337 e. The van der Waals surface area contributed by atoms with Gasteiger partial charge in [-0.25, -0.2) is 4.79 Å². The summed E-state index contributed by atoms with van der Waals surface area (Å²) < 4.78 is 5.28. The summed E-state index contributed by atoms with van der Waals surface area (Å²) in [6.45, 7) is 0. The zero-order valence-corrected chi connectivity index (χ0v) is 11.9. The van der Waals surface area contributed by atoms with Crippen molar-refractivity contribution in [2.75, 3.05) is 12.8 Å². The van der Waals surface area contributed by atoms with Gasteiger partial charge in [0.1, 0.15) is 11.3 Å². The van der Waals surface area contributed by atoms with Crippen LogP contribution in [0.4, 0.5) is 5.69 Å². The fourth-order valence-electron chi connectivity index (χ4n) is 2.52. The molecule has 0 aliphatic rings. The highest BCUT2D eigenvalue weighted by molar-refractivity contribution is 6.11. The summed E-state index contributed by atoms with van der Waals surface area (Å²) in [5.41, 5.74) is 8.61. The van der Waals surface area contributed by atoms with E-state index in [0.717, 1.165) is 11.1 Å². The average Bonchev–Trinajstić information content (AvgIpc) is 2.55. The van der Waals surface area contributed by atoms with Crippen molar-refractivity contribution in [3.05, 3.63) is 54.2 Å². The van der Waals surface area contributed by atoms with Gasteiger partial charge in [-0.1, -0.05) is 30.3 Å².